The fourth-order valence-corrected chi connectivity index (χ4v) is 4.56. The molecular formula is C25H28FNO4. The topological polar surface area (TPSA) is 71.7 Å². The number of aliphatic carboxylic acids is 1. The van der Waals surface area contributed by atoms with Gasteiger partial charge in [-0.1, -0.05) is 19.9 Å². The third-order valence-corrected chi connectivity index (χ3v) is 6.38. The van der Waals surface area contributed by atoms with Gasteiger partial charge in [0, 0.05) is 34.4 Å². The van der Waals surface area contributed by atoms with Crippen LogP contribution in [0, 0.1) is 11.2 Å². The maximum atomic E-state index is 13.7. The lowest BCUT2D eigenvalue weighted by Crippen LogP contribution is -2.27. The molecule has 1 aliphatic rings. The summed E-state index contributed by atoms with van der Waals surface area (Å²) in [5, 5.41) is 21.3. The summed E-state index contributed by atoms with van der Waals surface area (Å²) in [5.41, 5.74) is 2.01. The second-order valence-corrected chi connectivity index (χ2v) is 9.63. The summed E-state index contributed by atoms with van der Waals surface area (Å²) in [6.45, 7) is 8.09. The number of phenolic OH excluding ortho intramolecular Hbond substituents is 1. The molecule has 3 aromatic rings. The molecular weight excluding hydrogens is 397 g/mol. The minimum absolute atomic E-state index is 0.119. The number of rotatable bonds is 4. The van der Waals surface area contributed by atoms with Gasteiger partial charge in [0.05, 0.1) is 17.0 Å². The molecule has 0 spiro atoms. The van der Waals surface area contributed by atoms with E-state index in [-0.39, 0.29) is 23.4 Å². The van der Waals surface area contributed by atoms with E-state index < -0.39 is 17.5 Å². The van der Waals surface area contributed by atoms with E-state index in [1.54, 1.807) is 38.1 Å². The van der Waals surface area contributed by atoms with E-state index in [9.17, 15) is 19.4 Å². The third kappa shape index (κ3) is 3.59. The van der Waals surface area contributed by atoms with Crippen LogP contribution in [0.2, 0.25) is 0 Å². The van der Waals surface area contributed by atoms with Gasteiger partial charge in [0.1, 0.15) is 11.6 Å². The fraction of sp³-hybridized carbons (Fsp3) is 0.400. The smallest absolute Gasteiger partial charge is 0.309 e. The number of hydrogen-bond donors (Lipinski definition) is 2. The molecule has 164 valence electrons. The Bertz CT molecular complexity index is 1140. The number of carboxylic acids is 1. The van der Waals surface area contributed by atoms with E-state index >= 15 is 0 Å². The van der Waals surface area contributed by atoms with Crippen molar-refractivity contribution in [1.29, 1.82) is 0 Å². The van der Waals surface area contributed by atoms with Crippen molar-refractivity contribution in [1.82, 2.24) is 4.57 Å². The zero-order valence-electron chi connectivity index (χ0n) is 18.3. The minimum Gasteiger partial charge on any atom is -0.507 e. The summed E-state index contributed by atoms with van der Waals surface area (Å²) in [4.78, 5) is 11.9. The van der Waals surface area contributed by atoms with E-state index in [1.165, 1.54) is 12.1 Å². The zero-order chi connectivity index (χ0) is 22.6. The van der Waals surface area contributed by atoms with Crippen molar-refractivity contribution in [2.75, 3.05) is 6.61 Å². The van der Waals surface area contributed by atoms with Gasteiger partial charge in [-0.25, -0.2) is 4.39 Å². The van der Waals surface area contributed by atoms with Crippen LogP contribution in [0.3, 0.4) is 0 Å². The van der Waals surface area contributed by atoms with Gasteiger partial charge >= 0.3 is 5.97 Å². The molecule has 4 rings (SSSR count). The molecule has 0 fully saturated rings. The second-order valence-electron chi connectivity index (χ2n) is 9.63. The predicted octanol–water partition coefficient (Wildman–Crippen LogP) is 5.72. The highest BCUT2D eigenvalue weighted by Gasteiger charge is 2.41. The molecule has 0 aliphatic carbocycles. The summed E-state index contributed by atoms with van der Waals surface area (Å²) in [6, 6.07) is 11.6. The molecule has 1 aliphatic heterocycles. The summed E-state index contributed by atoms with van der Waals surface area (Å²) in [7, 11) is 0. The van der Waals surface area contributed by atoms with Crippen LogP contribution in [0.15, 0.2) is 42.5 Å². The van der Waals surface area contributed by atoms with Crippen LogP contribution in [0.1, 0.15) is 57.9 Å². The number of nitrogens with zero attached hydrogens (tertiary/aromatic N) is 1. The number of halogens is 1. The molecule has 0 saturated heterocycles. The molecule has 2 heterocycles. The molecule has 2 N–H and O–H groups in total. The first kappa shape index (κ1) is 21.4. The Balaban J connectivity index is 2.07. The molecule has 6 heteroatoms. The van der Waals surface area contributed by atoms with Gasteiger partial charge in [0.25, 0.3) is 0 Å². The highest BCUT2D eigenvalue weighted by molar-refractivity contribution is 5.93. The Morgan fingerprint density at radius 3 is 2.55 bits per heavy atom. The van der Waals surface area contributed by atoms with E-state index in [0.29, 0.717) is 12.0 Å². The lowest BCUT2D eigenvalue weighted by molar-refractivity contribution is -0.149. The quantitative estimate of drug-likeness (QED) is 0.561. The van der Waals surface area contributed by atoms with E-state index in [2.05, 4.69) is 18.4 Å². The molecule has 1 atom stereocenters. The van der Waals surface area contributed by atoms with E-state index in [1.807, 2.05) is 6.07 Å². The molecule has 0 saturated carbocycles. The van der Waals surface area contributed by atoms with Gasteiger partial charge in [0.15, 0.2) is 0 Å². The first-order valence-electron chi connectivity index (χ1n) is 10.5. The summed E-state index contributed by atoms with van der Waals surface area (Å²) in [5.74, 6) is -1.10. The van der Waals surface area contributed by atoms with Crippen LogP contribution in [0.4, 0.5) is 4.39 Å². The summed E-state index contributed by atoms with van der Waals surface area (Å²) in [6.07, 6.45) is 0.491. The van der Waals surface area contributed by atoms with Gasteiger partial charge < -0.3 is 19.5 Å². The number of hydrogen-bond acceptors (Lipinski definition) is 3. The van der Waals surface area contributed by atoms with Crippen LogP contribution < -0.4 is 0 Å². The Hall–Kier alpha value is -2.86. The molecule has 1 unspecified atom stereocenters. The summed E-state index contributed by atoms with van der Waals surface area (Å²) < 4.78 is 22.0. The third-order valence-electron chi connectivity index (χ3n) is 6.38. The normalized spacial score (nSPS) is 18.5. The number of aromatic nitrogens is 1. The molecule has 2 aromatic carbocycles. The molecule has 0 amide bonds. The lowest BCUT2D eigenvalue weighted by Gasteiger charge is -2.28. The van der Waals surface area contributed by atoms with Gasteiger partial charge in [-0.05, 0) is 63.1 Å². The number of ether oxygens (including phenoxy) is 1. The van der Waals surface area contributed by atoms with Crippen molar-refractivity contribution < 1.29 is 24.1 Å². The second kappa shape index (κ2) is 7.38. The Kier molecular flexibility index (Phi) is 5.09. The van der Waals surface area contributed by atoms with Crippen LogP contribution in [-0.4, -0.2) is 27.4 Å². The van der Waals surface area contributed by atoms with Crippen LogP contribution >= 0.6 is 0 Å². The number of fused-ring (bicyclic) bond motifs is 3. The zero-order valence-corrected chi connectivity index (χ0v) is 18.3. The van der Waals surface area contributed by atoms with Crippen molar-refractivity contribution in [2.24, 2.45) is 5.41 Å². The Labute approximate surface area is 181 Å². The highest BCUT2D eigenvalue weighted by atomic mass is 19.1. The van der Waals surface area contributed by atoms with Crippen molar-refractivity contribution in [3.8, 4) is 11.4 Å². The first-order valence-corrected chi connectivity index (χ1v) is 10.5. The summed E-state index contributed by atoms with van der Waals surface area (Å²) >= 11 is 0. The molecule has 0 bridgehead atoms. The molecule has 5 nitrogen and oxygen atoms in total. The Morgan fingerprint density at radius 2 is 1.90 bits per heavy atom. The number of phenols is 1. The van der Waals surface area contributed by atoms with E-state index in [0.717, 1.165) is 28.9 Å². The minimum atomic E-state index is -1.01. The standard InChI is InChI=1S/C25H28FNO4/c1-24(2)12-13-31-19(14-25(3,4)23(29)30)21-20-17(6-5-7-18(20)28)27(22(21)24)16-10-8-15(26)9-11-16/h5-11,19,28H,12-14H2,1-4H3,(H,29,30). The maximum absolute atomic E-state index is 13.7. The maximum Gasteiger partial charge on any atom is 0.309 e. The largest absolute Gasteiger partial charge is 0.507 e. The molecule has 1 aromatic heterocycles. The fourth-order valence-electron chi connectivity index (χ4n) is 4.56. The van der Waals surface area contributed by atoms with E-state index in [4.69, 9.17) is 4.74 Å². The number of carbonyl (C=O) groups is 1. The van der Waals surface area contributed by atoms with Gasteiger partial charge in [-0.3, -0.25) is 4.79 Å². The number of aromatic hydroxyl groups is 1. The predicted molar refractivity (Wildman–Crippen MR) is 117 cm³/mol. The lowest BCUT2D eigenvalue weighted by atomic mass is 9.79. The number of carboxylic acid groups (broad SMARTS) is 1. The molecule has 31 heavy (non-hydrogen) atoms. The average molecular weight is 426 g/mol. The SMILES string of the molecule is CC(C)(CC1OCCC(C)(C)c2c1c1c(O)cccc1n2-c1ccc(F)cc1)C(=O)O. The van der Waals surface area contributed by atoms with Gasteiger partial charge in [0.2, 0.25) is 0 Å². The van der Waals surface area contributed by atoms with Crippen molar-refractivity contribution in [3.63, 3.8) is 0 Å². The van der Waals surface area contributed by atoms with Crippen molar-refractivity contribution >= 4 is 16.9 Å². The highest BCUT2D eigenvalue weighted by Crippen LogP contribution is 2.49. The monoisotopic (exact) mass is 425 g/mol. The van der Waals surface area contributed by atoms with Crippen LogP contribution in [0.5, 0.6) is 5.75 Å². The Morgan fingerprint density at radius 1 is 1.23 bits per heavy atom. The first-order chi connectivity index (χ1) is 14.5. The number of benzene rings is 2. The van der Waals surface area contributed by atoms with Crippen LogP contribution in [-0.2, 0) is 14.9 Å². The van der Waals surface area contributed by atoms with Crippen LogP contribution in [0.25, 0.3) is 16.6 Å². The average Bonchev–Trinajstić information content (AvgIpc) is 2.99. The van der Waals surface area contributed by atoms with Gasteiger partial charge in [-0.2, -0.15) is 0 Å². The van der Waals surface area contributed by atoms with Crippen molar-refractivity contribution in [3.05, 3.63) is 59.5 Å². The van der Waals surface area contributed by atoms with Crippen molar-refractivity contribution in [2.45, 2.75) is 52.1 Å². The molecule has 0 radical (unpaired) electrons. The van der Waals surface area contributed by atoms with Gasteiger partial charge in [-0.15, -0.1) is 0 Å².